The van der Waals surface area contributed by atoms with Crippen molar-refractivity contribution in [3.8, 4) is 0 Å². The Hall–Kier alpha value is -1.31. The van der Waals surface area contributed by atoms with Crippen molar-refractivity contribution in [3.05, 3.63) is 35.9 Å². The predicted molar refractivity (Wildman–Crippen MR) is 74.3 cm³/mol. The molecule has 1 heterocycles. The van der Waals surface area contributed by atoms with Gasteiger partial charge < -0.3 is 4.90 Å². The smallest absolute Gasteiger partial charge is 0.222 e. The highest BCUT2D eigenvalue weighted by atomic mass is 16.2. The van der Waals surface area contributed by atoms with E-state index >= 15 is 0 Å². The molecule has 1 atom stereocenters. The topological polar surface area (TPSA) is 20.3 Å². The molecule has 1 aromatic carbocycles. The molecule has 0 radical (unpaired) electrons. The number of rotatable bonds is 5. The van der Waals surface area contributed by atoms with Gasteiger partial charge in [0.25, 0.3) is 0 Å². The lowest BCUT2D eigenvalue weighted by Crippen LogP contribution is -2.29. The molecule has 0 bridgehead atoms. The van der Waals surface area contributed by atoms with Gasteiger partial charge in [-0.25, -0.2) is 0 Å². The van der Waals surface area contributed by atoms with E-state index in [-0.39, 0.29) is 0 Å². The Balaban J connectivity index is 1.80. The van der Waals surface area contributed by atoms with Crippen LogP contribution in [0.1, 0.15) is 32.3 Å². The Morgan fingerprint density at radius 2 is 2.00 bits per heavy atom. The summed E-state index contributed by atoms with van der Waals surface area (Å²) in [4.78, 5) is 13.9. The van der Waals surface area contributed by atoms with E-state index < -0.39 is 0 Å². The molecule has 98 valence electrons. The summed E-state index contributed by atoms with van der Waals surface area (Å²) in [6, 6.07) is 10.6. The van der Waals surface area contributed by atoms with Gasteiger partial charge in [0.1, 0.15) is 0 Å². The highest BCUT2D eigenvalue weighted by molar-refractivity contribution is 5.78. The first-order chi connectivity index (χ1) is 8.65. The van der Waals surface area contributed by atoms with Gasteiger partial charge in [0.2, 0.25) is 5.91 Å². The molecule has 1 amide bonds. The second kappa shape index (κ2) is 6.03. The lowest BCUT2D eigenvalue weighted by atomic mass is 9.99. The van der Waals surface area contributed by atoms with E-state index in [1.54, 1.807) is 0 Å². The summed E-state index contributed by atoms with van der Waals surface area (Å²) in [5, 5.41) is 0. The average molecular weight is 245 g/mol. The van der Waals surface area contributed by atoms with Crippen LogP contribution in [0.2, 0.25) is 0 Å². The van der Waals surface area contributed by atoms with Gasteiger partial charge in [-0.1, -0.05) is 44.2 Å². The summed E-state index contributed by atoms with van der Waals surface area (Å²) in [6.07, 6.45) is 2.97. The standard InChI is InChI=1S/C16H23NO/c1-13(2)11-17-12-15(10-16(17)18)9-8-14-6-4-3-5-7-14/h3-7,13,15H,8-12H2,1-2H3/t15-/m1/s1. The minimum Gasteiger partial charge on any atom is -0.342 e. The summed E-state index contributed by atoms with van der Waals surface area (Å²) >= 11 is 0. The maximum Gasteiger partial charge on any atom is 0.222 e. The van der Waals surface area contributed by atoms with Crippen molar-refractivity contribution in [1.82, 2.24) is 4.90 Å². The molecular formula is C16H23NO. The Morgan fingerprint density at radius 1 is 1.28 bits per heavy atom. The van der Waals surface area contributed by atoms with Crippen LogP contribution in [0.3, 0.4) is 0 Å². The number of carbonyl (C=O) groups excluding carboxylic acids is 1. The molecule has 2 nitrogen and oxygen atoms in total. The van der Waals surface area contributed by atoms with Gasteiger partial charge in [0.05, 0.1) is 0 Å². The summed E-state index contributed by atoms with van der Waals surface area (Å²) in [7, 11) is 0. The van der Waals surface area contributed by atoms with Gasteiger partial charge in [-0.3, -0.25) is 4.79 Å². The SMILES string of the molecule is CC(C)CN1C[C@H](CCc2ccccc2)CC1=O. The molecular weight excluding hydrogens is 222 g/mol. The summed E-state index contributed by atoms with van der Waals surface area (Å²) < 4.78 is 0. The molecule has 1 aromatic rings. The van der Waals surface area contributed by atoms with E-state index in [0.717, 1.165) is 32.4 Å². The molecule has 0 aliphatic carbocycles. The van der Waals surface area contributed by atoms with Crippen molar-refractivity contribution in [2.24, 2.45) is 11.8 Å². The normalized spacial score (nSPS) is 19.8. The lowest BCUT2D eigenvalue weighted by Gasteiger charge is -2.18. The number of hydrogen-bond donors (Lipinski definition) is 0. The molecule has 0 spiro atoms. The minimum atomic E-state index is 0.349. The van der Waals surface area contributed by atoms with E-state index in [0.29, 0.717) is 17.7 Å². The third kappa shape index (κ3) is 3.59. The van der Waals surface area contributed by atoms with Crippen LogP contribution in [0.5, 0.6) is 0 Å². The van der Waals surface area contributed by atoms with Crippen LogP contribution in [0.25, 0.3) is 0 Å². The van der Waals surface area contributed by atoms with Gasteiger partial charge in [-0.15, -0.1) is 0 Å². The molecule has 2 rings (SSSR count). The highest BCUT2D eigenvalue weighted by Crippen LogP contribution is 2.23. The second-order valence-corrected chi connectivity index (χ2v) is 5.79. The van der Waals surface area contributed by atoms with Gasteiger partial charge in [0, 0.05) is 19.5 Å². The van der Waals surface area contributed by atoms with Crippen molar-refractivity contribution in [3.63, 3.8) is 0 Å². The number of likely N-dealkylation sites (tertiary alicyclic amines) is 1. The fraction of sp³-hybridized carbons (Fsp3) is 0.562. The Bertz CT molecular complexity index is 385. The molecule has 0 N–H and O–H groups in total. The second-order valence-electron chi connectivity index (χ2n) is 5.79. The van der Waals surface area contributed by atoms with Crippen LogP contribution in [-0.4, -0.2) is 23.9 Å². The number of amides is 1. The zero-order valence-corrected chi connectivity index (χ0v) is 11.4. The lowest BCUT2D eigenvalue weighted by molar-refractivity contribution is -0.128. The van der Waals surface area contributed by atoms with Crippen molar-refractivity contribution in [1.29, 1.82) is 0 Å². The fourth-order valence-corrected chi connectivity index (χ4v) is 2.68. The summed E-state index contributed by atoms with van der Waals surface area (Å²) in [5.41, 5.74) is 1.38. The fourth-order valence-electron chi connectivity index (χ4n) is 2.68. The van der Waals surface area contributed by atoms with Crippen molar-refractivity contribution in [2.75, 3.05) is 13.1 Å². The number of benzene rings is 1. The largest absolute Gasteiger partial charge is 0.342 e. The summed E-state index contributed by atoms with van der Waals surface area (Å²) in [5.74, 6) is 1.47. The first-order valence-electron chi connectivity index (χ1n) is 6.97. The molecule has 18 heavy (non-hydrogen) atoms. The monoisotopic (exact) mass is 245 g/mol. The van der Waals surface area contributed by atoms with Crippen molar-refractivity contribution < 1.29 is 4.79 Å². The Labute approximate surface area is 110 Å². The van der Waals surface area contributed by atoms with E-state index in [4.69, 9.17) is 0 Å². The van der Waals surface area contributed by atoms with Crippen LogP contribution in [-0.2, 0) is 11.2 Å². The first-order valence-corrected chi connectivity index (χ1v) is 6.97. The van der Waals surface area contributed by atoms with Crippen LogP contribution in [0, 0.1) is 11.8 Å². The zero-order valence-electron chi connectivity index (χ0n) is 11.4. The molecule has 1 aliphatic rings. The van der Waals surface area contributed by atoms with Gasteiger partial charge in [-0.2, -0.15) is 0 Å². The first kappa shape index (κ1) is 13.1. The molecule has 2 heteroatoms. The predicted octanol–water partition coefficient (Wildman–Crippen LogP) is 3.12. The van der Waals surface area contributed by atoms with Crippen LogP contribution in [0.15, 0.2) is 30.3 Å². The molecule has 1 fully saturated rings. The molecule has 1 aliphatic heterocycles. The van der Waals surface area contributed by atoms with Crippen LogP contribution < -0.4 is 0 Å². The van der Waals surface area contributed by atoms with E-state index in [1.165, 1.54) is 5.56 Å². The number of hydrogen-bond acceptors (Lipinski definition) is 1. The molecule has 1 saturated heterocycles. The molecule has 0 unspecified atom stereocenters. The Morgan fingerprint density at radius 3 is 2.67 bits per heavy atom. The van der Waals surface area contributed by atoms with Gasteiger partial charge in [-0.05, 0) is 30.2 Å². The number of carbonyl (C=O) groups is 1. The minimum absolute atomic E-state index is 0.349. The van der Waals surface area contributed by atoms with Crippen LogP contribution >= 0.6 is 0 Å². The molecule has 0 aromatic heterocycles. The van der Waals surface area contributed by atoms with Crippen LogP contribution in [0.4, 0.5) is 0 Å². The number of nitrogens with zero attached hydrogens (tertiary/aromatic N) is 1. The molecule has 0 saturated carbocycles. The Kier molecular flexibility index (Phi) is 4.40. The van der Waals surface area contributed by atoms with Crippen molar-refractivity contribution >= 4 is 5.91 Å². The average Bonchev–Trinajstić information content (AvgIpc) is 2.68. The maximum atomic E-state index is 11.9. The third-order valence-electron chi connectivity index (χ3n) is 3.56. The summed E-state index contributed by atoms with van der Waals surface area (Å²) in [6.45, 7) is 6.22. The zero-order chi connectivity index (χ0) is 13.0. The maximum absolute atomic E-state index is 11.9. The van der Waals surface area contributed by atoms with Gasteiger partial charge >= 0.3 is 0 Å². The van der Waals surface area contributed by atoms with Crippen molar-refractivity contribution in [2.45, 2.75) is 33.1 Å². The van der Waals surface area contributed by atoms with E-state index in [1.807, 2.05) is 11.0 Å². The number of aryl methyl sites for hydroxylation is 1. The van der Waals surface area contributed by atoms with E-state index in [9.17, 15) is 4.79 Å². The van der Waals surface area contributed by atoms with Gasteiger partial charge in [0.15, 0.2) is 0 Å². The van der Waals surface area contributed by atoms with E-state index in [2.05, 4.69) is 38.1 Å². The highest BCUT2D eigenvalue weighted by Gasteiger charge is 2.29. The third-order valence-corrected chi connectivity index (χ3v) is 3.56. The quantitative estimate of drug-likeness (QED) is 0.780.